The van der Waals surface area contributed by atoms with Crippen molar-refractivity contribution in [3.8, 4) is 0 Å². The number of carbonyl (C=O) groups is 3. The van der Waals surface area contributed by atoms with Gasteiger partial charge in [-0.25, -0.2) is 4.79 Å². The summed E-state index contributed by atoms with van der Waals surface area (Å²) in [6.45, 7) is 4.97. The van der Waals surface area contributed by atoms with E-state index in [0.717, 1.165) is 12.8 Å². The summed E-state index contributed by atoms with van der Waals surface area (Å²) in [5.74, 6) is -2.26. The largest absolute Gasteiger partial charge is 0.477 e. The zero-order chi connectivity index (χ0) is 22.9. The van der Waals surface area contributed by atoms with Gasteiger partial charge >= 0.3 is 5.97 Å². The first-order chi connectivity index (χ1) is 15.2. The highest BCUT2D eigenvalue weighted by Crippen LogP contribution is 2.53. The third-order valence-electron chi connectivity index (χ3n) is 7.73. The number of aliphatic carboxylic acids is 1. The van der Waals surface area contributed by atoms with Gasteiger partial charge in [0.2, 0.25) is 11.8 Å². The Hall–Kier alpha value is -2.11. The number of hydrogen-bond acceptors (Lipinski definition) is 8. The molecule has 2 amide bonds. The van der Waals surface area contributed by atoms with E-state index < -0.39 is 18.0 Å². The normalized spacial score (nSPS) is 37.3. The molecule has 11 heteroatoms. The van der Waals surface area contributed by atoms with Gasteiger partial charge in [-0.1, -0.05) is 12.1 Å². The molecule has 1 saturated carbocycles. The SMILES string of the molecule is C[C@@H](O)[C@H]1C(=O)N2C(C(=O)O)=C(S[C@@H]3CN[C@H](C(=O)N4C/C(=N\O)C5(CC5)C4)C3)[C@H](C)[C@H]12. The average Bonchev–Trinajstić information content (AvgIpc) is 3.09. The molecule has 5 aliphatic rings. The summed E-state index contributed by atoms with van der Waals surface area (Å²) < 4.78 is 0. The minimum Gasteiger partial charge on any atom is -0.477 e. The van der Waals surface area contributed by atoms with Crippen LogP contribution < -0.4 is 5.32 Å². The number of thioether (sulfide) groups is 1. The number of aliphatic hydroxyl groups is 1. The van der Waals surface area contributed by atoms with E-state index in [0.29, 0.717) is 36.7 Å². The van der Waals surface area contributed by atoms with E-state index in [1.165, 1.54) is 16.7 Å². The molecule has 3 saturated heterocycles. The molecule has 0 aromatic heterocycles. The highest BCUT2D eigenvalue weighted by molar-refractivity contribution is 8.03. The van der Waals surface area contributed by atoms with Crippen molar-refractivity contribution in [1.29, 1.82) is 0 Å². The molecule has 4 aliphatic heterocycles. The van der Waals surface area contributed by atoms with Gasteiger partial charge in [0.05, 0.1) is 36.4 Å². The minimum absolute atomic E-state index is 0.00183. The summed E-state index contributed by atoms with van der Waals surface area (Å²) in [4.78, 5) is 41.3. The van der Waals surface area contributed by atoms with E-state index in [1.807, 2.05) is 6.92 Å². The zero-order valence-electron chi connectivity index (χ0n) is 18.0. The van der Waals surface area contributed by atoms with Crippen molar-refractivity contribution in [2.24, 2.45) is 22.4 Å². The van der Waals surface area contributed by atoms with Crippen LogP contribution >= 0.6 is 11.8 Å². The van der Waals surface area contributed by atoms with Crippen LogP contribution in [0.3, 0.4) is 0 Å². The number of rotatable bonds is 5. The number of carbonyl (C=O) groups excluding carboxylic acids is 2. The molecule has 0 aromatic carbocycles. The van der Waals surface area contributed by atoms with Gasteiger partial charge in [-0.2, -0.15) is 0 Å². The number of oxime groups is 1. The van der Waals surface area contributed by atoms with Gasteiger partial charge in [0.15, 0.2) is 0 Å². The predicted molar refractivity (Wildman–Crippen MR) is 115 cm³/mol. The lowest BCUT2D eigenvalue weighted by Gasteiger charge is -2.46. The van der Waals surface area contributed by atoms with Crippen molar-refractivity contribution < 1.29 is 29.8 Å². The molecule has 1 aliphatic carbocycles. The van der Waals surface area contributed by atoms with Crippen molar-refractivity contribution in [1.82, 2.24) is 15.1 Å². The van der Waals surface area contributed by atoms with Crippen LogP contribution in [0.5, 0.6) is 0 Å². The Bertz CT molecular complexity index is 945. The van der Waals surface area contributed by atoms with Gasteiger partial charge in [-0.05, 0) is 26.2 Å². The fourth-order valence-corrected chi connectivity index (χ4v) is 7.29. The maximum Gasteiger partial charge on any atom is 0.353 e. The predicted octanol–water partition coefficient (Wildman–Crippen LogP) is 0.0564. The zero-order valence-corrected chi connectivity index (χ0v) is 18.8. The van der Waals surface area contributed by atoms with Gasteiger partial charge in [-0.15, -0.1) is 11.8 Å². The number of carboxylic acids is 1. The van der Waals surface area contributed by atoms with Crippen LogP contribution in [0, 0.1) is 17.3 Å². The maximum atomic E-state index is 13.1. The number of β-lactam (4-membered cyclic amide) rings is 1. The number of likely N-dealkylation sites (tertiary alicyclic amines) is 1. The lowest BCUT2D eigenvalue weighted by atomic mass is 9.79. The molecular weight excluding hydrogens is 436 g/mol. The molecule has 10 nitrogen and oxygen atoms in total. The topological polar surface area (TPSA) is 143 Å². The summed E-state index contributed by atoms with van der Waals surface area (Å²) in [5, 5.41) is 35.7. The van der Waals surface area contributed by atoms with E-state index in [-0.39, 0.29) is 46.2 Å². The monoisotopic (exact) mass is 464 g/mol. The third-order valence-corrected chi connectivity index (χ3v) is 9.24. The van der Waals surface area contributed by atoms with Crippen LogP contribution in [0.25, 0.3) is 0 Å². The Morgan fingerprint density at radius 2 is 2.06 bits per heavy atom. The number of aliphatic hydroxyl groups excluding tert-OH is 1. The van der Waals surface area contributed by atoms with E-state index in [4.69, 9.17) is 0 Å². The van der Waals surface area contributed by atoms with E-state index in [2.05, 4.69) is 10.5 Å². The Morgan fingerprint density at radius 3 is 2.62 bits per heavy atom. The molecule has 0 bridgehead atoms. The number of fused-ring (bicyclic) bond motifs is 1. The van der Waals surface area contributed by atoms with Crippen molar-refractivity contribution in [2.45, 2.75) is 56.5 Å². The second-order valence-electron chi connectivity index (χ2n) is 9.73. The second kappa shape index (κ2) is 7.46. The van der Waals surface area contributed by atoms with Gasteiger partial charge in [-0.3, -0.25) is 9.59 Å². The van der Waals surface area contributed by atoms with Gasteiger partial charge < -0.3 is 30.5 Å². The minimum atomic E-state index is -1.14. The van der Waals surface area contributed by atoms with Crippen molar-refractivity contribution in [3.05, 3.63) is 10.6 Å². The highest BCUT2D eigenvalue weighted by Gasteiger charge is 2.60. The molecule has 4 heterocycles. The molecule has 4 fully saturated rings. The van der Waals surface area contributed by atoms with Crippen LogP contribution in [-0.4, -0.2) is 91.8 Å². The highest BCUT2D eigenvalue weighted by atomic mass is 32.2. The lowest BCUT2D eigenvalue weighted by molar-refractivity contribution is -0.163. The Labute approximate surface area is 189 Å². The molecule has 4 N–H and O–H groups in total. The summed E-state index contributed by atoms with van der Waals surface area (Å²) in [7, 11) is 0. The quantitative estimate of drug-likeness (QED) is 0.254. The smallest absolute Gasteiger partial charge is 0.353 e. The maximum absolute atomic E-state index is 13.1. The fraction of sp³-hybridized carbons (Fsp3) is 0.714. The van der Waals surface area contributed by atoms with Crippen LogP contribution in [0.2, 0.25) is 0 Å². The van der Waals surface area contributed by atoms with Gasteiger partial charge in [0, 0.05) is 34.6 Å². The number of nitrogens with one attached hydrogen (secondary N) is 1. The molecule has 1 spiro atoms. The van der Waals surface area contributed by atoms with E-state index in [9.17, 15) is 29.8 Å². The molecule has 0 radical (unpaired) electrons. The first-order valence-corrected chi connectivity index (χ1v) is 12.0. The number of nitrogens with zero attached hydrogens (tertiary/aromatic N) is 3. The second-order valence-corrected chi connectivity index (χ2v) is 11.1. The Kier molecular flexibility index (Phi) is 5.06. The standard InChI is InChI=1S/C21H28N4O6S/c1-9-15-14(10(2)26)19(28)25(15)16(20(29)30)17(9)32-11-5-12(22-6-11)18(27)24-7-13(23-31)21(8-24)3-4-21/h9-12,14-15,22,26,31H,3-8H2,1-2H3,(H,29,30)/b23-13+/t9-,10-,11+,12+,14-,15-/m1/s1. The fourth-order valence-electron chi connectivity index (χ4n) is 5.81. The first-order valence-electron chi connectivity index (χ1n) is 11.1. The first kappa shape index (κ1) is 21.7. The summed E-state index contributed by atoms with van der Waals surface area (Å²) in [6.07, 6.45) is 1.62. The van der Waals surface area contributed by atoms with E-state index >= 15 is 0 Å². The van der Waals surface area contributed by atoms with Crippen LogP contribution in [0.4, 0.5) is 0 Å². The van der Waals surface area contributed by atoms with E-state index in [1.54, 1.807) is 11.8 Å². The Balaban J connectivity index is 1.27. The lowest BCUT2D eigenvalue weighted by Crippen LogP contribution is -2.63. The number of hydrogen-bond donors (Lipinski definition) is 4. The van der Waals surface area contributed by atoms with Gasteiger partial charge in [0.25, 0.3) is 0 Å². The summed E-state index contributed by atoms with van der Waals surface area (Å²) >= 11 is 1.43. The number of carboxylic acid groups (broad SMARTS) is 1. The molecule has 174 valence electrons. The van der Waals surface area contributed by atoms with Crippen LogP contribution in [-0.2, 0) is 14.4 Å². The number of amides is 2. The van der Waals surface area contributed by atoms with Crippen LogP contribution in [0.15, 0.2) is 15.8 Å². The molecule has 5 rings (SSSR count). The average molecular weight is 465 g/mol. The van der Waals surface area contributed by atoms with Gasteiger partial charge in [0.1, 0.15) is 5.70 Å². The summed E-state index contributed by atoms with van der Waals surface area (Å²) in [5.41, 5.74) is 0.578. The molecular formula is C21H28N4O6S. The molecule has 0 aromatic rings. The molecule has 0 unspecified atom stereocenters. The third kappa shape index (κ3) is 3.08. The van der Waals surface area contributed by atoms with Crippen molar-refractivity contribution in [2.75, 3.05) is 19.6 Å². The van der Waals surface area contributed by atoms with Crippen molar-refractivity contribution in [3.63, 3.8) is 0 Å². The molecule has 6 atom stereocenters. The summed E-state index contributed by atoms with van der Waals surface area (Å²) in [6, 6.07) is -0.700. The molecule has 32 heavy (non-hydrogen) atoms. The van der Waals surface area contributed by atoms with Crippen LogP contribution in [0.1, 0.15) is 33.1 Å². The van der Waals surface area contributed by atoms with Crippen molar-refractivity contribution >= 4 is 35.3 Å². The Morgan fingerprint density at radius 1 is 1.34 bits per heavy atom.